The van der Waals surface area contributed by atoms with Gasteiger partial charge < -0.3 is 19.5 Å². The van der Waals surface area contributed by atoms with Gasteiger partial charge in [0.25, 0.3) is 11.8 Å². The van der Waals surface area contributed by atoms with Crippen LogP contribution in [-0.4, -0.2) is 60.0 Å². The van der Waals surface area contributed by atoms with Crippen LogP contribution in [-0.2, 0) is 20.8 Å². The molecular formula is C18H26N6O5. The Morgan fingerprint density at radius 2 is 1.86 bits per heavy atom. The fraction of sp³-hybridized carbons (Fsp3) is 0.444. The number of aromatic nitrogens is 3. The number of benzene rings is 1. The second-order valence-electron chi connectivity index (χ2n) is 5.72. The highest BCUT2D eigenvalue weighted by atomic mass is 16.7. The Morgan fingerprint density at radius 3 is 2.55 bits per heavy atom. The number of carbonyl (C=O) groups excluding carboxylic acids is 2. The number of anilines is 1. The molecule has 2 rings (SSSR count). The SMILES string of the molecule is CCOC(Cn1cc(C(=O)NNC(=O)CNc2ccccc2OC)nn1)OCC. The number of hydrogen-bond acceptors (Lipinski definition) is 8. The molecule has 0 atom stereocenters. The molecule has 3 N–H and O–H groups in total. The highest BCUT2D eigenvalue weighted by Gasteiger charge is 2.15. The van der Waals surface area contributed by atoms with E-state index in [2.05, 4.69) is 26.5 Å². The summed E-state index contributed by atoms with van der Waals surface area (Å²) in [4.78, 5) is 24.1. The van der Waals surface area contributed by atoms with Crippen LogP contribution >= 0.6 is 0 Å². The molecule has 0 saturated carbocycles. The van der Waals surface area contributed by atoms with Crippen molar-refractivity contribution >= 4 is 17.5 Å². The number of hydrogen-bond donors (Lipinski definition) is 3. The van der Waals surface area contributed by atoms with Crippen molar-refractivity contribution in [3.63, 3.8) is 0 Å². The number of rotatable bonds is 11. The fourth-order valence-electron chi connectivity index (χ4n) is 2.37. The molecule has 1 aromatic carbocycles. The Balaban J connectivity index is 1.80. The van der Waals surface area contributed by atoms with Crippen molar-refractivity contribution in [2.45, 2.75) is 26.7 Å². The van der Waals surface area contributed by atoms with E-state index in [-0.39, 0.29) is 18.8 Å². The molecule has 2 amide bonds. The molecule has 1 heterocycles. The third-order valence-electron chi connectivity index (χ3n) is 3.67. The lowest BCUT2D eigenvalue weighted by molar-refractivity contribution is -0.145. The molecule has 0 unspecified atom stereocenters. The minimum atomic E-state index is -0.591. The van der Waals surface area contributed by atoms with Crippen LogP contribution in [0.4, 0.5) is 5.69 Å². The lowest BCUT2D eigenvalue weighted by Gasteiger charge is -2.16. The van der Waals surface area contributed by atoms with E-state index in [1.807, 2.05) is 26.0 Å². The van der Waals surface area contributed by atoms with E-state index in [1.54, 1.807) is 19.2 Å². The minimum absolute atomic E-state index is 0.0507. The first-order valence-electron chi connectivity index (χ1n) is 9.16. The van der Waals surface area contributed by atoms with Crippen molar-refractivity contribution in [3.05, 3.63) is 36.2 Å². The fourth-order valence-corrected chi connectivity index (χ4v) is 2.37. The zero-order valence-corrected chi connectivity index (χ0v) is 16.7. The van der Waals surface area contributed by atoms with Crippen LogP contribution in [0.3, 0.4) is 0 Å². The van der Waals surface area contributed by atoms with E-state index in [9.17, 15) is 9.59 Å². The van der Waals surface area contributed by atoms with E-state index in [0.717, 1.165) is 0 Å². The standard InChI is InChI=1S/C18H26N6O5/c1-4-28-17(29-5-2)12-24-11-14(20-23-24)18(26)22-21-16(25)10-19-13-8-6-7-9-15(13)27-3/h6-9,11,17,19H,4-5,10,12H2,1-3H3,(H,21,25)(H,22,26). The molecule has 0 radical (unpaired) electrons. The van der Waals surface area contributed by atoms with Crippen molar-refractivity contribution in [3.8, 4) is 5.75 Å². The normalized spacial score (nSPS) is 10.6. The molecule has 2 aromatic rings. The molecule has 29 heavy (non-hydrogen) atoms. The van der Waals surface area contributed by atoms with Crippen LogP contribution in [0.15, 0.2) is 30.5 Å². The van der Waals surface area contributed by atoms with Crippen molar-refractivity contribution in [2.75, 3.05) is 32.2 Å². The second kappa shape index (κ2) is 11.6. The molecule has 0 aliphatic rings. The molecule has 11 heteroatoms. The summed E-state index contributed by atoms with van der Waals surface area (Å²) in [5.41, 5.74) is 5.32. The molecule has 0 aliphatic heterocycles. The molecule has 0 bridgehead atoms. The van der Waals surface area contributed by atoms with Crippen molar-refractivity contribution in [1.82, 2.24) is 25.8 Å². The number of nitrogens with one attached hydrogen (secondary N) is 3. The molecule has 11 nitrogen and oxygen atoms in total. The molecule has 0 fully saturated rings. The summed E-state index contributed by atoms with van der Waals surface area (Å²) >= 11 is 0. The Bertz CT molecular complexity index is 791. The summed E-state index contributed by atoms with van der Waals surface area (Å²) in [6.07, 6.45) is 0.961. The summed E-state index contributed by atoms with van der Waals surface area (Å²) in [6.45, 7) is 4.92. The largest absolute Gasteiger partial charge is 0.495 e. The van der Waals surface area contributed by atoms with E-state index < -0.39 is 18.1 Å². The van der Waals surface area contributed by atoms with Gasteiger partial charge in [-0.25, -0.2) is 4.68 Å². The molecular weight excluding hydrogens is 380 g/mol. The number of hydrazine groups is 1. The highest BCUT2D eigenvalue weighted by Crippen LogP contribution is 2.22. The van der Waals surface area contributed by atoms with Gasteiger partial charge >= 0.3 is 0 Å². The summed E-state index contributed by atoms with van der Waals surface area (Å²) in [5, 5.41) is 10.6. The van der Waals surface area contributed by atoms with Gasteiger partial charge in [0.15, 0.2) is 12.0 Å². The lowest BCUT2D eigenvalue weighted by Crippen LogP contribution is -2.44. The number of carbonyl (C=O) groups is 2. The van der Waals surface area contributed by atoms with Crippen molar-refractivity contribution < 1.29 is 23.8 Å². The van der Waals surface area contributed by atoms with E-state index in [1.165, 1.54) is 10.9 Å². The summed E-state index contributed by atoms with van der Waals surface area (Å²) < 4.78 is 17.5. The molecule has 0 aliphatic carbocycles. The van der Waals surface area contributed by atoms with E-state index in [0.29, 0.717) is 24.7 Å². The number of methoxy groups -OCH3 is 1. The third-order valence-corrected chi connectivity index (χ3v) is 3.67. The minimum Gasteiger partial charge on any atom is -0.495 e. The van der Waals surface area contributed by atoms with Crippen molar-refractivity contribution in [2.24, 2.45) is 0 Å². The second-order valence-corrected chi connectivity index (χ2v) is 5.72. The maximum atomic E-state index is 12.1. The van der Waals surface area contributed by atoms with Crippen molar-refractivity contribution in [1.29, 1.82) is 0 Å². The number of para-hydroxylation sites is 2. The van der Waals surface area contributed by atoms with Crippen LogP contribution in [0.1, 0.15) is 24.3 Å². The Morgan fingerprint density at radius 1 is 1.14 bits per heavy atom. The lowest BCUT2D eigenvalue weighted by atomic mass is 10.3. The Labute approximate surface area is 168 Å². The average Bonchev–Trinajstić information content (AvgIpc) is 3.19. The van der Waals surface area contributed by atoms with Gasteiger partial charge in [0.05, 0.1) is 32.1 Å². The first-order valence-corrected chi connectivity index (χ1v) is 9.16. The van der Waals surface area contributed by atoms with Gasteiger partial charge in [0.1, 0.15) is 5.75 Å². The third kappa shape index (κ3) is 7.05. The predicted molar refractivity (Wildman–Crippen MR) is 104 cm³/mol. The maximum absolute atomic E-state index is 12.1. The smallest absolute Gasteiger partial charge is 0.291 e. The molecule has 158 valence electrons. The van der Waals surface area contributed by atoms with Gasteiger partial charge in [0.2, 0.25) is 0 Å². The topological polar surface area (TPSA) is 129 Å². The Kier molecular flexibility index (Phi) is 8.86. The van der Waals surface area contributed by atoms with E-state index in [4.69, 9.17) is 14.2 Å². The quantitative estimate of drug-likeness (QED) is 0.365. The summed E-state index contributed by atoms with van der Waals surface area (Å²) in [6, 6.07) is 7.19. The Hall–Kier alpha value is -3.18. The molecule has 0 spiro atoms. The first kappa shape index (κ1) is 22.1. The maximum Gasteiger partial charge on any atom is 0.291 e. The van der Waals surface area contributed by atoms with Gasteiger partial charge in [-0.3, -0.25) is 20.4 Å². The number of ether oxygens (including phenoxy) is 3. The van der Waals surface area contributed by atoms with Gasteiger partial charge in [-0.2, -0.15) is 0 Å². The highest BCUT2D eigenvalue weighted by molar-refractivity contribution is 5.93. The van der Waals surface area contributed by atoms with Crippen LogP contribution in [0.25, 0.3) is 0 Å². The van der Waals surface area contributed by atoms with Crippen LogP contribution < -0.4 is 20.9 Å². The number of nitrogens with zero attached hydrogens (tertiary/aromatic N) is 3. The van der Waals surface area contributed by atoms with Gasteiger partial charge in [-0.05, 0) is 26.0 Å². The van der Waals surface area contributed by atoms with Gasteiger partial charge in [-0.1, -0.05) is 17.3 Å². The predicted octanol–water partition coefficient (Wildman–Crippen LogP) is 0.559. The zero-order chi connectivity index (χ0) is 21.1. The van der Waals surface area contributed by atoms with Crippen LogP contribution in [0.2, 0.25) is 0 Å². The molecule has 0 saturated heterocycles. The number of amides is 2. The van der Waals surface area contributed by atoms with Crippen LogP contribution in [0, 0.1) is 0 Å². The zero-order valence-electron chi connectivity index (χ0n) is 16.7. The average molecular weight is 406 g/mol. The van der Waals surface area contributed by atoms with Gasteiger partial charge in [0, 0.05) is 13.2 Å². The van der Waals surface area contributed by atoms with Gasteiger partial charge in [-0.15, -0.1) is 5.10 Å². The van der Waals surface area contributed by atoms with E-state index >= 15 is 0 Å². The first-order chi connectivity index (χ1) is 14.1. The van der Waals surface area contributed by atoms with Crippen LogP contribution in [0.5, 0.6) is 5.75 Å². The summed E-state index contributed by atoms with van der Waals surface area (Å²) in [7, 11) is 1.54. The monoisotopic (exact) mass is 406 g/mol. The summed E-state index contributed by atoms with van der Waals surface area (Å²) in [5.74, 6) is -0.422. The molecule has 1 aromatic heterocycles.